The van der Waals surface area contributed by atoms with Crippen LogP contribution in [0.3, 0.4) is 0 Å². The van der Waals surface area contributed by atoms with Crippen molar-refractivity contribution in [2.24, 2.45) is 0 Å². The molecule has 1 aliphatic rings. The third kappa shape index (κ3) is 2.50. The molecule has 6 nitrogen and oxygen atoms in total. The number of H-pyrrole nitrogens is 2. The standard InChI is InChI=1S/C18H19N5O/c1-12-14(9-10-19-12)18(24)23-11-5-8-15(23)17-20-16(21-22-17)13-6-3-2-4-7-13/h2-4,6-7,9-10,15,19H,5,8,11H2,1H3,(H,20,21,22). The summed E-state index contributed by atoms with van der Waals surface area (Å²) in [5, 5.41) is 7.35. The molecule has 6 heteroatoms. The topological polar surface area (TPSA) is 77.7 Å². The number of likely N-dealkylation sites (tertiary alicyclic amines) is 1. The molecule has 122 valence electrons. The lowest BCUT2D eigenvalue weighted by Crippen LogP contribution is -2.31. The summed E-state index contributed by atoms with van der Waals surface area (Å²) in [6, 6.07) is 11.6. The van der Waals surface area contributed by atoms with Crippen LogP contribution in [-0.4, -0.2) is 37.5 Å². The molecule has 1 fully saturated rings. The van der Waals surface area contributed by atoms with Gasteiger partial charge in [-0.2, -0.15) is 5.10 Å². The van der Waals surface area contributed by atoms with Crippen molar-refractivity contribution in [1.29, 1.82) is 0 Å². The lowest BCUT2D eigenvalue weighted by Gasteiger charge is -2.22. The van der Waals surface area contributed by atoms with Gasteiger partial charge in [-0.05, 0) is 25.8 Å². The highest BCUT2D eigenvalue weighted by molar-refractivity contribution is 5.95. The Labute approximate surface area is 139 Å². The van der Waals surface area contributed by atoms with E-state index in [9.17, 15) is 4.79 Å². The highest BCUT2D eigenvalue weighted by Gasteiger charge is 2.33. The van der Waals surface area contributed by atoms with Gasteiger partial charge in [-0.15, -0.1) is 0 Å². The fourth-order valence-electron chi connectivity index (χ4n) is 3.27. The molecule has 24 heavy (non-hydrogen) atoms. The number of aryl methyl sites for hydroxylation is 1. The van der Waals surface area contributed by atoms with E-state index in [-0.39, 0.29) is 11.9 Å². The van der Waals surface area contributed by atoms with Gasteiger partial charge in [-0.1, -0.05) is 30.3 Å². The molecular formula is C18H19N5O. The lowest BCUT2D eigenvalue weighted by atomic mass is 10.1. The smallest absolute Gasteiger partial charge is 0.256 e. The maximum Gasteiger partial charge on any atom is 0.256 e. The van der Waals surface area contributed by atoms with Crippen LogP contribution in [0.5, 0.6) is 0 Å². The zero-order valence-corrected chi connectivity index (χ0v) is 13.5. The van der Waals surface area contributed by atoms with Crippen molar-refractivity contribution in [3.63, 3.8) is 0 Å². The molecule has 1 unspecified atom stereocenters. The van der Waals surface area contributed by atoms with E-state index in [4.69, 9.17) is 0 Å². The Balaban J connectivity index is 1.61. The number of hydrogen-bond donors (Lipinski definition) is 2. The van der Waals surface area contributed by atoms with Gasteiger partial charge in [0.25, 0.3) is 5.91 Å². The largest absolute Gasteiger partial charge is 0.365 e. The predicted octanol–water partition coefficient (Wildman–Crippen LogP) is 3.09. The van der Waals surface area contributed by atoms with Crippen LogP contribution in [-0.2, 0) is 0 Å². The van der Waals surface area contributed by atoms with Gasteiger partial charge in [0.1, 0.15) is 5.82 Å². The monoisotopic (exact) mass is 321 g/mol. The van der Waals surface area contributed by atoms with Crippen molar-refractivity contribution in [2.75, 3.05) is 6.54 Å². The maximum atomic E-state index is 12.8. The summed E-state index contributed by atoms with van der Waals surface area (Å²) in [5.74, 6) is 1.48. The number of carbonyl (C=O) groups is 1. The molecule has 1 saturated heterocycles. The Bertz CT molecular complexity index is 851. The SMILES string of the molecule is Cc1[nH]ccc1C(=O)N1CCCC1c1nc(-c2ccccc2)n[nH]1. The van der Waals surface area contributed by atoms with E-state index in [0.29, 0.717) is 5.82 Å². The molecule has 0 aliphatic carbocycles. The third-order valence-corrected chi connectivity index (χ3v) is 4.55. The average molecular weight is 321 g/mol. The number of amides is 1. The van der Waals surface area contributed by atoms with Crippen molar-refractivity contribution in [2.45, 2.75) is 25.8 Å². The summed E-state index contributed by atoms with van der Waals surface area (Å²) in [5.41, 5.74) is 2.59. The molecule has 1 aromatic carbocycles. The molecular weight excluding hydrogens is 302 g/mol. The van der Waals surface area contributed by atoms with Crippen molar-refractivity contribution in [1.82, 2.24) is 25.1 Å². The van der Waals surface area contributed by atoms with Crippen LogP contribution in [0, 0.1) is 6.92 Å². The van der Waals surface area contributed by atoms with Gasteiger partial charge in [0, 0.05) is 24.0 Å². The van der Waals surface area contributed by atoms with Crippen molar-refractivity contribution < 1.29 is 4.79 Å². The van der Waals surface area contributed by atoms with Crippen LogP contribution in [0.25, 0.3) is 11.4 Å². The number of benzene rings is 1. The Kier molecular flexibility index (Phi) is 3.65. The molecule has 0 bridgehead atoms. The summed E-state index contributed by atoms with van der Waals surface area (Å²) in [6.07, 6.45) is 3.68. The minimum atomic E-state index is -0.0447. The van der Waals surface area contributed by atoms with Gasteiger partial charge < -0.3 is 9.88 Å². The highest BCUT2D eigenvalue weighted by atomic mass is 16.2. The first kappa shape index (κ1) is 14.7. The van der Waals surface area contributed by atoms with Crippen LogP contribution in [0.1, 0.15) is 40.8 Å². The van der Waals surface area contributed by atoms with Crippen molar-refractivity contribution in [3.8, 4) is 11.4 Å². The molecule has 0 saturated carbocycles. The second-order valence-corrected chi connectivity index (χ2v) is 6.08. The first-order chi connectivity index (χ1) is 11.7. The summed E-state index contributed by atoms with van der Waals surface area (Å²) in [7, 11) is 0. The molecule has 1 amide bonds. The molecule has 2 aromatic heterocycles. The van der Waals surface area contributed by atoms with Gasteiger partial charge in [-0.25, -0.2) is 4.98 Å². The number of rotatable bonds is 3. The zero-order chi connectivity index (χ0) is 16.5. The molecule has 0 spiro atoms. The summed E-state index contributed by atoms with van der Waals surface area (Å²) >= 11 is 0. The van der Waals surface area contributed by atoms with E-state index in [1.807, 2.05) is 48.2 Å². The molecule has 0 radical (unpaired) electrons. The van der Waals surface area contributed by atoms with Crippen LogP contribution in [0.2, 0.25) is 0 Å². The van der Waals surface area contributed by atoms with Gasteiger partial charge in [0.15, 0.2) is 5.82 Å². The van der Waals surface area contributed by atoms with E-state index in [2.05, 4.69) is 20.2 Å². The van der Waals surface area contributed by atoms with Crippen molar-refractivity contribution in [3.05, 3.63) is 59.7 Å². The molecule has 3 aromatic rings. The van der Waals surface area contributed by atoms with Crippen LogP contribution in [0.15, 0.2) is 42.6 Å². The first-order valence-electron chi connectivity index (χ1n) is 8.16. The maximum absolute atomic E-state index is 12.8. The van der Waals surface area contributed by atoms with E-state index < -0.39 is 0 Å². The number of nitrogens with one attached hydrogen (secondary N) is 2. The first-order valence-corrected chi connectivity index (χ1v) is 8.16. The minimum absolute atomic E-state index is 0.0447. The van der Waals surface area contributed by atoms with Crippen molar-refractivity contribution >= 4 is 5.91 Å². The van der Waals surface area contributed by atoms with E-state index in [1.54, 1.807) is 6.20 Å². The summed E-state index contributed by atoms with van der Waals surface area (Å²) < 4.78 is 0. The number of aromatic amines is 2. The fourth-order valence-corrected chi connectivity index (χ4v) is 3.27. The van der Waals surface area contributed by atoms with E-state index >= 15 is 0 Å². The van der Waals surface area contributed by atoms with Crippen LogP contribution in [0.4, 0.5) is 0 Å². The van der Waals surface area contributed by atoms with Crippen LogP contribution >= 0.6 is 0 Å². The number of aromatic nitrogens is 4. The summed E-state index contributed by atoms with van der Waals surface area (Å²) in [6.45, 7) is 2.66. The second kappa shape index (κ2) is 5.96. The Morgan fingerprint density at radius 2 is 2.08 bits per heavy atom. The molecule has 4 rings (SSSR count). The minimum Gasteiger partial charge on any atom is -0.365 e. The van der Waals surface area contributed by atoms with E-state index in [0.717, 1.165) is 42.0 Å². The number of carbonyl (C=O) groups excluding carboxylic acids is 1. The normalized spacial score (nSPS) is 17.4. The average Bonchev–Trinajstić information content (AvgIpc) is 3.35. The molecule has 1 aliphatic heterocycles. The van der Waals surface area contributed by atoms with E-state index in [1.165, 1.54) is 0 Å². The predicted molar refractivity (Wildman–Crippen MR) is 90.4 cm³/mol. The zero-order valence-electron chi connectivity index (χ0n) is 13.5. The Morgan fingerprint density at radius 3 is 2.83 bits per heavy atom. The quantitative estimate of drug-likeness (QED) is 0.778. The fraction of sp³-hybridized carbons (Fsp3) is 0.278. The Hall–Kier alpha value is -2.89. The summed E-state index contributed by atoms with van der Waals surface area (Å²) in [4.78, 5) is 22.4. The molecule has 1 atom stereocenters. The second-order valence-electron chi connectivity index (χ2n) is 6.08. The third-order valence-electron chi connectivity index (χ3n) is 4.55. The lowest BCUT2D eigenvalue weighted by molar-refractivity contribution is 0.0729. The van der Waals surface area contributed by atoms with Gasteiger partial charge in [0.2, 0.25) is 0 Å². The van der Waals surface area contributed by atoms with Gasteiger partial charge in [0.05, 0.1) is 11.6 Å². The number of nitrogens with zero attached hydrogens (tertiary/aromatic N) is 3. The molecule has 2 N–H and O–H groups in total. The molecule has 3 heterocycles. The highest BCUT2D eigenvalue weighted by Crippen LogP contribution is 2.32. The van der Waals surface area contributed by atoms with Gasteiger partial charge >= 0.3 is 0 Å². The van der Waals surface area contributed by atoms with Gasteiger partial charge in [-0.3, -0.25) is 9.89 Å². The number of hydrogen-bond acceptors (Lipinski definition) is 3. The Morgan fingerprint density at radius 1 is 1.25 bits per heavy atom. The van der Waals surface area contributed by atoms with Crippen LogP contribution < -0.4 is 0 Å².